The van der Waals surface area contributed by atoms with E-state index in [-0.39, 0.29) is 5.91 Å². The van der Waals surface area contributed by atoms with E-state index in [0.29, 0.717) is 5.75 Å². The maximum absolute atomic E-state index is 12.5. The van der Waals surface area contributed by atoms with Crippen molar-refractivity contribution in [3.8, 4) is 0 Å². The van der Waals surface area contributed by atoms with Gasteiger partial charge in [0, 0.05) is 27.3 Å². The minimum atomic E-state index is 0.162. The number of hydrogen-bond acceptors (Lipinski definition) is 3. The van der Waals surface area contributed by atoms with Crippen LogP contribution in [-0.4, -0.2) is 23.1 Å². The monoisotopic (exact) mass is 368 g/mol. The molecule has 0 saturated carbocycles. The molecule has 1 amide bonds. The van der Waals surface area contributed by atoms with Gasteiger partial charge in [0.1, 0.15) is 0 Å². The van der Waals surface area contributed by atoms with Crippen LogP contribution in [0.3, 0.4) is 0 Å². The van der Waals surface area contributed by atoms with E-state index in [1.807, 2.05) is 30.0 Å². The van der Waals surface area contributed by atoms with E-state index in [9.17, 15) is 4.79 Å². The van der Waals surface area contributed by atoms with E-state index in [4.69, 9.17) is 5.73 Å². The highest BCUT2D eigenvalue weighted by Gasteiger charge is 2.18. The number of nitrogens with two attached hydrogens (primary N) is 1. The summed E-state index contributed by atoms with van der Waals surface area (Å²) < 4.78 is 0.981. The zero-order valence-corrected chi connectivity index (χ0v) is 14.7. The molecule has 2 rings (SSSR count). The first-order valence-corrected chi connectivity index (χ1v) is 9.07. The van der Waals surface area contributed by atoms with Gasteiger partial charge in [-0.2, -0.15) is 0 Å². The quantitative estimate of drug-likeness (QED) is 0.617. The number of benzene rings is 1. The first-order chi connectivity index (χ1) is 10.1. The molecule has 0 saturated heterocycles. The fraction of sp³-hybridized carbons (Fsp3) is 0.438. The molecule has 0 spiro atoms. The third-order valence-corrected chi connectivity index (χ3v) is 5.11. The Hall–Kier alpha value is -0.940. The lowest BCUT2D eigenvalue weighted by atomic mass is 10.0. The van der Waals surface area contributed by atoms with Crippen molar-refractivity contribution in [3.63, 3.8) is 0 Å². The van der Waals surface area contributed by atoms with Crippen molar-refractivity contribution in [2.24, 2.45) is 0 Å². The summed E-state index contributed by atoms with van der Waals surface area (Å²) in [6.45, 7) is 2.77. The van der Waals surface area contributed by atoms with Crippen molar-refractivity contribution < 1.29 is 4.79 Å². The molecule has 1 aliphatic rings. The van der Waals surface area contributed by atoms with E-state index < -0.39 is 0 Å². The van der Waals surface area contributed by atoms with Gasteiger partial charge in [-0.05, 0) is 50.8 Å². The van der Waals surface area contributed by atoms with E-state index in [0.717, 1.165) is 34.4 Å². The predicted molar refractivity (Wildman–Crippen MR) is 93.2 cm³/mol. The molecule has 0 fully saturated rings. The van der Waals surface area contributed by atoms with Crippen LogP contribution in [0, 0.1) is 0 Å². The second-order valence-corrected chi connectivity index (χ2v) is 6.98. The van der Waals surface area contributed by atoms with Crippen LogP contribution in [0.1, 0.15) is 32.6 Å². The minimum Gasteiger partial charge on any atom is -0.398 e. The number of carbonyl (C=O) groups is 1. The molecule has 0 heterocycles. The Morgan fingerprint density at radius 1 is 1.43 bits per heavy atom. The van der Waals surface area contributed by atoms with Gasteiger partial charge < -0.3 is 10.6 Å². The molecule has 3 nitrogen and oxygen atoms in total. The Morgan fingerprint density at radius 3 is 2.90 bits per heavy atom. The summed E-state index contributed by atoms with van der Waals surface area (Å²) in [6.07, 6.45) is 6.73. The number of hydrogen-bond donors (Lipinski definition) is 1. The number of nitrogen functional groups attached to an aromatic ring is 1. The number of halogens is 1. The third kappa shape index (κ3) is 4.51. The number of amides is 1. The highest BCUT2D eigenvalue weighted by atomic mass is 79.9. The molecule has 5 heteroatoms. The van der Waals surface area contributed by atoms with Gasteiger partial charge in [0.05, 0.1) is 5.75 Å². The maximum atomic E-state index is 12.5. The Kier molecular flexibility index (Phi) is 6.18. The largest absolute Gasteiger partial charge is 0.398 e. The van der Waals surface area contributed by atoms with Crippen LogP contribution in [0.25, 0.3) is 0 Å². The summed E-state index contributed by atoms with van der Waals surface area (Å²) in [5, 5.41) is 0. The highest BCUT2D eigenvalue weighted by molar-refractivity contribution is 9.10. The maximum Gasteiger partial charge on any atom is 0.237 e. The molecule has 0 bridgehead atoms. The minimum absolute atomic E-state index is 0.162. The lowest BCUT2D eigenvalue weighted by molar-refractivity contribution is -0.126. The summed E-state index contributed by atoms with van der Waals surface area (Å²) in [6, 6.07) is 5.73. The van der Waals surface area contributed by atoms with E-state index >= 15 is 0 Å². The average Bonchev–Trinajstić information content (AvgIpc) is 2.50. The fourth-order valence-corrected chi connectivity index (χ4v) is 3.85. The van der Waals surface area contributed by atoms with Crippen molar-refractivity contribution in [3.05, 3.63) is 34.4 Å². The standard InChI is InChI=1S/C16H21BrN2OS/c1-2-19(13-6-4-3-5-7-13)16(20)11-21-15-10-12(17)8-9-14(15)18/h6,8-10H,2-5,7,11,18H2,1H3. The second kappa shape index (κ2) is 7.90. The molecule has 2 N–H and O–H groups in total. The van der Waals surface area contributed by atoms with Crippen LogP contribution in [-0.2, 0) is 4.79 Å². The van der Waals surface area contributed by atoms with Crippen molar-refractivity contribution in [1.29, 1.82) is 0 Å². The lowest BCUT2D eigenvalue weighted by Crippen LogP contribution is -2.32. The molecule has 0 radical (unpaired) electrons. The Balaban J connectivity index is 1.99. The van der Waals surface area contributed by atoms with Crippen molar-refractivity contribution >= 4 is 39.3 Å². The van der Waals surface area contributed by atoms with Gasteiger partial charge in [-0.25, -0.2) is 0 Å². The SMILES string of the molecule is CCN(C(=O)CSc1cc(Br)ccc1N)C1=CCCCC1. The van der Waals surface area contributed by atoms with Gasteiger partial charge in [0.25, 0.3) is 0 Å². The molecule has 1 aromatic carbocycles. The number of thioether (sulfide) groups is 1. The molecule has 21 heavy (non-hydrogen) atoms. The molecular formula is C16H21BrN2OS. The summed E-state index contributed by atoms with van der Waals surface area (Å²) >= 11 is 4.94. The first-order valence-electron chi connectivity index (χ1n) is 7.29. The van der Waals surface area contributed by atoms with Gasteiger partial charge in [0.15, 0.2) is 0 Å². The lowest BCUT2D eigenvalue weighted by Gasteiger charge is -2.26. The molecule has 114 valence electrons. The van der Waals surface area contributed by atoms with E-state index in [2.05, 4.69) is 22.0 Å². The van der Waals surface area contributed by atoms with Gasteiger partial charge in [-0.3, -0.25) is 4.79 Å². The van der Waals surface area contributed by atoms with Crippen molar-refractivity contribution in [2.75, 3.05) is 18.0 Å². The summed E-state index contributed by atoms with van der Waals surface area (Å²) in [7, 11) is 0. The van der Waals surface area contributed by atoms with Crippen LogP contribution < -0.4 is 5.73 Å². The van der Waals surface area contributed by atoms with Gasteiger partial charge >= 0.3 is 0 Å². The Morgan fingerprint density at radius 2 is 2.24 bits per heavy atom. The van der Waals surface area contributed by atoms with E-state index in [1.165, 1.54) is 30.3 Å². The molecule has 1 aliphatic carbocycles. The fourth-order valence-electron chi connectivity index (χ4n) is 2.46. The van der Waals surface area contributed by atoms with Gasteiger partial charge in [0.2, 0.25) is 5.91 Å². The second-order valence-electron chi connectivity index (χ2n) is 5.05. The zero-order valence-electron chi connectivity index (χ0n) is 12.3. The molecule has 0 aliphatic heterocycles. The normalized spacial score (nSPS) is 14.7. The number of carbonyl (C=O) groups excluding carboxylic acids is 1. The van der Waals surface area contributed by atoms with Gasteiger partial charge in [-0.15, -0.1) is 11.8 Å². The molecule has 0 atom stereocenters. The first kappa shape index (κ1) is 16.4. The Bertz CT molecular complexity index is 545. The third-order valence-electron chi connectivity index (χ3n) is 3.56. The van der Waals surface area contributed by atoms with Gasteiger partial charge in [-0.1, -0.05) is 22.0 Å². The summed E-state index contributed by atoms with van der Waals surface area (Å²) in [5.41, 5.74) is 7.86. The van der Waals surface area contributed by atoms with Crippen LogP contribution >= 0.6 is 27.7 Å². The smallest absolute Gasteiger partial charge is 0.237 e. The number of allylic oxidation sites excluding steroid dienone is 2. The zero-order chi connectivity index (χ0) is 15.2. The van der Waals surface area contributed by atoms with Crippen molar-refractivity contribution in [2.45, 2.75) is 37.5 Å². The molecule has 1 aromatic rings. The van der Waals surface area contributed by atoms with Crippen LogP contribution in [0.4, 0.5) is 5.69 Å². The number of rotatable bonds is 5. The van der Waals surface area contributed by atoms with Crippen molar-refractivity contribution in [1.82, 2.24) is 4.90 Å². The summed E-state index contributed by atoms with van der Waals surface area (Å²) in [5.74, 6) is 0.585. The molecular weight excluding hydrogens is 348 g/mol. The van der Waals surface area contributed by atoms with Crippen LogP contribution in [0.2, 0.25) is 0 Å². The average molecular weight is 369 g/mol. The molecule has 0 aromatic heterocycles. The number of anilines is 1. The topological polar surface area (TPSA) is 46.3 Å². The molecule has 0 unspecified atom stereocenters. The summed E-state index contributed by atoms with van der Waals surface area (Å²) in [4.78, 5) is 15.3. The predicted octanol–water partition coefficient (Wildman–Crippen LogP) is 4.43. The van der Waals surface area contributed by atoms with Crippen LogP contribution in [0.15, 0.2) is 39.3 Å². The number of nitrogens with zero attached hydrogens (tertiary/aromatic N) is 1. The highest BCUT2D eigenvalue weighted by Crippen LogP contribution is 2.29. The van der Waals surface area contributed by atoms with Crippen LogP contribution in [0.5, 0.6) is 0 Å². The van der Waals surface area contributed by atoms with E-state index in [1.54, 1.807) is 0 Å². The Labute approximate surface area is 139 Å².